The lowest BCUT2D eigenvalue weighted by Crippen LogP contribution is -2.42. The standard InChI is InChI=1S/C29H35N7O4/c1-29(2,3)24-19-25(33-40-24)32-28(37)31-23-9-6-21(7-10-23)5-8-22-20-34(4)36-26(11-12-30-27(22)36)39-18-15-35-13-16-38-17-14-35/h6-7,9-12,19-20,27H,13-18H2,1-4H3,(H2,31,32,33,37). The molecule has 1 saturated heterocycles. The third kappa shape index (κ3) is 6.65. The zero-order valence-corrected chi connectivity index (χ0v) is 23.3. The molecule has 2 aromatic rings. The smallest absolute Gasteiger partial charge is 0.324 e. The summed E-state index contributed by atoms with van der Waals surface area (Å²) in [7, 11) is 1.95. The first-order chi connectivity index (χ1) is 19.3. The quantitative estimate of drug-likeness (QED) is 0.530. The number of nitrogens with one attached hydrogen (secondary N) is 2. The van der Waals surface area contributed by atoms with Crippen LogP contribution < -0.4 is 10.6 Å². The summed E-state index contributed by atoms with van der Waals surface area (Å²) in [6, 6.07) is 8.64. The number of allylic oxidation sites excluding steroid dienone is 1. The van der Waals surface area contributed by atoms with E-state index in [1.54, 1.807) is 24.4 Å². The molecule has 2 N–H and O–H groups in total. The number of aliphatic imine (C=N–C) groups is 1. The number of fused-ring (bicyclic) bond motifs is 1. The van der Waals surface area contributed by atoms with E-state index in [4.69, 9.17) is 14.0 Å². The number of anilines is 2. The number of hydrazine groups is 1. The number of hydrogen-bond acceptors (Lipinski definition) is 9. The molecule has 11 nitrogen and oxygen atoms in total. The second kappa shape index (κ2) is 11.9. The highest BCUT2D eigenvalue weighted by molar-refractivity contribution is 5.99. The minimum absolute atomic E-state index is 0.193. The second-order valence-corrected chi connectivity index (χ2v) is 10.7. The van der Waals surface area contributed by atoms with Crippen LogP contribution in [0, 0.1) is 11.8 Å². The Morgan fingerprint density at radius 3 is 2.65 bits per heavy atom. The first-order valence-electron chi connectivity index (χ1n) is 13.3. The summed E-state index contributed by atoms with van der Waals surface area (Å²) < 4.78 is 16.8. The molecule has 3 aliphatic rings. The van der Waals surface area contributed by atoms with Gasteiger partial charge in [0.25, 0.3) is 0 Å². The van der Waals surface area contributed by atoms with E-state index in [9.17, 15) is 4.79 Å². The van der Waals surface area contributed by atoms with Crippen molar-refractivity contribution < 1.29 is 18.8 Å². The van der Waals surface area contributed by atoms with Gasteiger partial charge in [0.1, 0.15) is 12.4 Å². The third-order valence-corrected chi connectivity index (χ3v) is 6.59. The van der Waals surface area contributed by atoms with E-state index in [2.05, 4.69) is 37.5 Å². The number of rotatable bonds is 6. The van der Waals surface area contributed by atoms with Gasteiger partial charge in [0.05, 0.1) is 18.8 Å². The second-order valence-electron chi connectivity index (χ2n) is 10.7. The van der Waals surface area contributed by atoms with Crippen LogP contribution in [0.25, 0.3) is 0 Å². The van der Waals surface area contributed by atoms with Crippen molar-refractivity contribution in [1.82, 2.24) is 20.1 Å². The van der Waals surface area contributed by atoms with Gasteiger partial charge in [0.2, 0.25) is 5.88 Å². The van der Waals surface area contributed by atoms with Crippen LogP contribution in [0.15, 0.2) is 63.6 Å². The summed E-state index contributed by atoms with van der Waals surface area (Å²) in [5.74, 6) is 8.26. The van der Waals surface area contributed by atoms with E-state index < -0.39 is 6.03 Å². The van der Waals surface area contributed by atoms with Crippen molar-refractivity contribution in [3.63, 3.8) is 0 Å². The van der Waals surface area contributed by atoms with Gasteiger partial charge < -0.3 is 19.3 Å². The Labute approximate surface area is 234 Å². The minimum Gasteiger partial charge on any atom is -0.476 e. The molecule has 5 rings (SSSR count). The van der Waals surface area contributed by atoms with Crippen LogP contribution in [0.4, 0.5) is 16.3 Å². The Hall–Kier alpha value is -4.27. The molecule has 0 spiro atoms. The number of nitrogens with zero attached hydrogens (tertiary/aromatic N) is 5. The number of ether oxygens (including phenoxy) is 2. The van der Waals surface area contributed by atoms with Crippen LogP contribution in [-0.2, 0) is 14.9 Å². The summed E-state index contributed by atoms with van der Waals surface area (Å²) in [6.45, 7) is 10.9. The summed E-state index contributed by atoms with van der Waals surface area (Å²) in [6.07, 6.45) is 5.36. The Kier molecular flexibility index (Phi) is 8.09. The topological polar surface area (TPSA) is 108 Å². The maximum absolute atomic E-state index is 12.4. The minimum atomic E-state index is -0.405. The van der Waals surface area contributed by atoms with Crippen LogP contribution in [0.2, 0.25) is 0 Å². The fourth-order valence-corrected chi connectivity index (χ4v) is 4.38. The largest absolute Gasteiger partial charge is 0.476 e. The zero-order chi connectivity index (χ0) is 28.1. The molecular weight excluding hydrogens is 510 g/mol. The van der Waals surface area contributed by atoms with Crippen molar-refractivity contribution in [1.29, 1.82) is 0 Å². The van der Waals surface area contributed by atoms with Crippen LogP contribution in [-0.4, -0.2) is 85.0 Å². The van der Waals surface area contributed by atoms with E-state index in [0.717, 1.165) is 49.9 Å². The molecule has 40 heavy (non-hydrogen) atoms. The maximum Gasteiger partial charge on any atom is 0.324 e. The number of hydrogen-bond donors (Lipinski definition) is 2. The number of amides is 2. The number of benzene rings is 1. The van der Waals surface area contributed by atoms with Gasteiger partial charge >= 0.3 is 6.03 Å². The highest BCUT2D eigenvalue weighted by atomic mass is 16.5. The van der Waals surface area contributed by atoms with E-state index in [1.807, 2.05) is 62.2 Å². The monoisotopic (exact) mass is 545 g/mol. The molecule has 0 saturated carbocycles. The van der Waals surface area contributed by atoms with Gasteiger partial charge in [-0.05, 0) is 24.3 Å². The van der Waals surface area contributed by atoms with E-state index in [1.165, 1.54) is 0 Å². The van der Waals surface area contributed by atoms with Crippen molar-refractivity contribution >= 4 is 23.8 Å². The fraction of sp³-hybridized carbons (Fsp3) is 0.414. The number of aromatic nitrogens is 1. The molecule has 210 valence electrons. The highest BCUT2D eigenvalue weighted by Gasteiger charge is 2.34. The molecular formula is C29H35N7O4. The Morgan fingerprint density at radius 2 is 1.93 bits per heavy atom. The van der Waals surface area contributed by atoms with Gasteiger partial charge in [-0.25, -0.2) is 9.80 Å². The molecule has 0 aliphatic carbocycles. The van der Waals surface area contributed by atoms with Crippen molar-refractivity contribution in [3.8, 4) is 11.8 Å². The highest BCUT2D eigenvalue weighted by Crippen LogP contribution is 2.29. The van der Waals surface area contributed by atoms with Gasteiger partial charge in [-0.15, -0.1) is 0 Å². The van der Waals surface area contributed by atoms with Crippen LogP contribution in [0.3, 0.4) is 0 Å². The predicted octanol–water partition coefficient (Wildman–Crippen LogP) is 3.61. The third-order valence-electron chi connectivity index (χ3n) is 6.59. The molecule has 1 fully saturated rings. The molecule has 1 aromatic carbocycles. The lowest BCUT2D eigenvalue weighted by Gasteiger charge is -2.34. The van der Waals surface area contributed by atoms with E-state index in [-0.39, 0.29) is 11.6 Å². The SMILES string of the molecule is CN1C=C(C#Cc2ccc(NC(=O)Nc3cc(C(C)(C)C)on3)cc2)C2N=CC=C(OCCN3CCOCC3)N21. The molecule has 11 heteroatoms. The Balaban J connectivity index is 1.14. The normalized spacial score (nSPS) is 18.9. The first kappa shape index (κ1) is 27.3. The fourth-order valence-electron chi connectivity index (χ4n) is 4.38. The molecule has 1 atom stereocenters. The number of carbonyl (C=O) groups excluding carboxylic acids is 1. The molecule has 2 amide bonds. The van der Waals surface area contributed by atoms with E-state index in [0.29, 0.717) is 23.9 Å². The Bertz CT molecular complexity index is 1360. The number of morpholine rings is 1. The molecule has 0 radical (unpaired) electrons. The summed E-state index contributed by atoms with van der Waals surface area (Å²) in [5, 5.41) is 13.3. The lowest BCUT2D eigenvalue weighted by molar-refractivity contribution is -0.0183. The number of urea groups is 1. The lowest BCUT2D eigenvalue weighted by atomic mass is 9.93. The van der Waals surface area contributed by atoms with E-state index >= 15 is 0 Å². The van der Waals surface area contributed by atoms with Gasteiger partial charge in [-0.1, -0.05) is 37.8 Å². The Morgan fingerprint density at radius 1 is 1.15 bits per heavy atom. The van der Waals surface area contributed by atoms with Crippen LogP contribution >= 0.6 is 0 Å². The molecule has 1 aromatic heterocycles. The van der Waals surface area contributed by atoms with Gasteiger partial charge in [0.15, 0.2) is 12.0 Å². The summed E-state index contributed by atoms with van der Waals surface area (Å²) in [5.41, 5.74) is 2.12. The number of carbonyl (C=O) groups is 1. The van der Waals surface area contributed by atoms with Crippen molar-refractivity contribution in [3.05, 3.63) is 65.4 Å². The molecule has 0 bridgehead atoms. The summed E-state index contributed by atoms with van der Waals surface area (Å²) >= 11 is 0. The van der Waals surface area contributed by atoms with Crippen LogP contribution in [0.1, 0.15) is 32.1 Å². The predicted molar refractivity (Wildman–Crippen MR) is 152 cm³/mol. The van der Waals surface area contributed by atoms with Crippen molar-refractivity contribution in [2.24, 2.45) is 4.99 Å². The van der Waals surface area contributed by atoms with Crippen molar-refractivity contribution in [2.45, 2.75) is 32.4 Å². The molecule has 1 unspecified atom stereocenters. The molecule has 4 heterocycles. The van der Waals surface area contributed by atoms with Gasteiger partial charge in [0, 0.05) is 67.9 Å². The zero-order valence-electron chi connectivity index (χ0n) is 23.3. The molecule has 3 aliphatic heterocycles. The van der Waals surface area contributed by atoms with Gasteiger partial charge in [-0.2, -0.15) is 0 Å². The van der Waals surface area contributed by atoms with Crippen molar-refractivity contribution in [2.75, 3.05) is 57.1 Å². The summed E-state index contributed by atoms with van der Waals surface area (Å²) in [4.78, 5) is 19.3. The van der Waals surface area contributed by atoms with Crippen LogP contribution in [0.5, 0.6) is 0 Å². The average Bonchev–Trinajstić information content (AvgIpc) is 3.54. The maximum atomic E-state index is 12.4. The first-order valence-corrected chi connectivity index (χ1v) is 13.3. The van der Waals surface area contributed by atoms with Gasteiger partial charge in [-0.3, -0.25) is 20.2 Å². The average molecular weight is 546 g/mol.